The number of anilines is 1. The smallest absolute Gasteiger partial charge is 0.303 e. The van der Waals surface area contributed by atoms with Crippen molar-refractivity contribution < 1.29 is 23.1 Å². The third-order valence-electron chi connectivity index (χ3n) is 3.42. The average molecular weight is 418 g/mol. The molecule has 0 fully saturated rings. The van der Waals surface area contributed by atoms with Gasteiger partial charge in [0, 0.05) is 11.4 Å². The van der Waals surface area contributed by atoms with Gasteiger partial charge in [0.2, 0.25) is 0 Å². The van der Waals surface area contributed by atoms with Gasteiger partial charge in [0.05, 0.1) is 22.2 Å². The number of benzene rings is 2. The van der Waals surface area contributed by atoms with E-state index in [2.05, 4.69) is 4.72 Å². The number of nitrogens with one attached hydrogen (secondary N) is 1. The second-order valence-electron chi connectivity index (χ2n) is 5.50. The van der Waals surface area contributed by atoms with Crippen molar-refractivity contribution in [2.75, 3.05) is 11.3 Å². The molecule has 2 aromatic rings. The van der Waals surface area contributed by atoms with Crippen molar-refractivity contribution in [3.8, 4) is 5.75 Å². The van der Waals surface area contributed by atoms with Crippen LogP contribution in [0.5, 0.6) is 5.75 Å². The zero-order valence-electron chi connectivity index (χ0n) is 13.8. The molecule has 0 atom stereocenters. The van der Waals surface area contributed by atoms with E-state index in [1.165, 1.54) is 36.4 Å². The minimum Gasteiger partial charge on any atom is -0.493 e. The Balaban J connectivity index is 2.12. The summed E-state index contributed by atoms with van der Waals surface area (Å²) in [7, 11) is -3.84. The van der Waals surface area contributed by atoms with Crippen LogP contribution in [0, 0.1) is 6.92 Å². The van der Waals surface area contributed by atoms with Gasteiger partial charge >= 0.3 is 5.97 Å². The fraction of sp³-hybridized carbons (Fsp3) is 0.235. The summed E-state index contributed by atoms with van der Waals surface area (Å²) in [5, 5.41) is 9.19. The molecule has 0 unspecified atom stereocenters. The molecule has 6 nitrogen and oxygen atoms in total. The Morgan fingerprint density at radius 3 is 2.54 bits per heavy atom. The van der Waals surface area contributed by atoms with Gasteiger partial charge in [0.1, 0.15) is 5.75 Å². The van der Waals surface area contributed by atoms with Gasteiger partial charge in [-0.15, -0.1) is 0 Å². The van der Waals surface area contributed by atoms with E-state index in [1.807, 2.05) is 0 Å². The summed E-state index contributed by atoms with van der Waals surface area (Å²) in [5.41, 5.74) is 0.841. The number of halogens is 2. The summed E-state index contributed by atoms with van der Waals surface area (Å²) in [6.45, 7) is 1.94. The lowest BCUT2D eigenvalue weighted by Gasteiger charge is -2.13. The second kappa shape index (κ2) is 8.62. The van der Waals surface area contributed by atoms with Crippen LogP contribution in [0.15, 0.2) is 41.3 Å². The second-order valence-corrected chi connectivity index (χ2v) is 8.03. The van der Waals surface area contributed by atoms with Gasteiger partial charge in [-0.2, -0.15) is 0 Å². The highest BCUT2D eigenvalue weighted by atomic mass is 35.5. The number of aliphatic carboxylic acids is 1. The quantitative estimate of drug-likeness (QED) is 0.622. The molecule has 140 valence electrons. The van der Waals surface area contributed by atoms with Gasteiger partial charge in [0.15, 0.2) is 0 Å². The molecule has 0 spiro atoms. The summed E-state index contributed by atoms with van der Waals surface area (Å²) >= 11 is 11.8. The highest BCUT2D eigenvalue weighted by Gasteiger charge is 2.17. The third-order valence-corrected chi connectivity index (χ3v) is 5.34. The Kier molecular flexibility index (Phi) is 6.75. The van der Waals surface area contributed by atoms with Crippen molar-refractivity contribution in [2.24, 2.45) is 0 Å². The highest BCUT2D eigenvalue weighted by molar-refractivity contribution is 7.92. The molecule has 0 radical (unpaired) electrons. The molecule has 0 bridgehead atoms. The van der Waals surface area contributed by atoms with Crippen LogP contribution in [-0.4, -0.2) is 26.1 Å². The molecular weight excluding hydrogens is 401 g/mol. The molecule has 26 heavy (non-hydrogen) atoms. The Hall–Kier alpha value is -1.96. The average Bonchev–Trinajstić information content (AvgIpc) is 2.55. The Labute approximate surface area is 161 Å². The van der Waals surface area contributed by atoms with Crippen molar-refractivity contribution >= 4 is 44.9 Å². The number of ether oxygens (including phenoxy) is 1. The maximum atomic E-state index is 12.5. The van der Waals surface area contributed by atoms with E-state index in [0.717, 1.165) is 0 Å². The van der Waals surface area contributed by atoms with Gasteiger partial charge in [0.25, 0.3) is 10.0 Å². The van der Waals surface area contributed by atoms with Crippen LogP contribution in [0.2, 0.25) is 10.0 Å². The minimum absolute atomic E-state index is 0.0112. The molecular formula is C17H17Cl2NO5S. The molecule has 0 heterocycles. The van der Waals surface area contributed by atoms with E-state index >= 15 is 0 Å². The first-order chi connectivity index (χ1) is 12.2. The fourth-order valence-corrected chi connectivity index (χ4v) is 3.81. The van der Waals surface area contributed by atoms with Crippen molar-refractivity contribution in [1.82, 2.24) is 0 Å². The van der Waals surface area contributed by atoms with Crippen molar-refractivity contribution in [3.63, 3.8) is 0 Å². The van der Waals surface area contributed by atoms with Crippen LogP contribution in [0.25, 0.3) is 0 Å². The summed E-state index contributed by atoms with van der Waals surface area (Å²) in [5.74, 6) is -0.391. The van der Waals surface area contributed by atoms with Gasteiger partial charge in [-0.3, -0.25) is 9.52 Å². The van der Waals surface area contributed by atoms with Gasteiger partial charge in [-0.1, -0.05) is 23.2 Å². The van der Waals surface area contributed by atoms with Crippen LogP contribution < -0.4 is 9.46 Å². The number of carboxylic acid groups (broad SMARTS) is 1. The Bertz CT molecular complexity index is 915. The number of carboxylic acids is 1. The van der Waals surface area contributed by atoms with Crippen molar-refractivity contribution in [3.05, 3.63) is 52.0 Å². The summed E-state index contributed by atoms with van der Waals surface area (Å²) < 4.78 is 33.0. The molecule has 0 aliphatic rings. The molecule has 0 saturated carbocycles. The van der Waals surface area contributed by atoms with E-state index in [1.54, 1.807) is 6.92 Å². The number of hydrogen-bond donors (Lipinski definition) is 2. The molecule has 0 aliphatic heterocycles. The summed E-state index contributed by atoms with van der Waals surface area (Å²) in [4.78, 5) is 10.5. The lowest BCUT2D eigenvalue weighted by atomic mass is 10.2. The van der Waals surface area contributed by atoms with Crippen LogP contribution in [-0.2, 0) is 14.8 Å². The van der Waals surface area contributed by atoms with Crippen LogP contribution in [0.3, 0.4) is 0 Å². The number of hydrogen-bond acceptors (Lipinski definition) is 4. The fourth-order valence-electron chi connectivity index (χ4n) is 2.13. The van der Waals surface area contributed by atoms with E-state index in [-0.39, 0.29) is 28.6 Å². The van der Waals surface area contributed by atoms with Gasteiger partial charge in [-0.05, 0) is 55.3 Å². The summed E-state index contributed by atoms with van der Waals surface area (Å²) in [6, 6.07) is 8.87. The molecule has 2 rings (SSSR count). The zero-order chi connectivity index (χ0) is 19.3. The Morgan fingerprint density at radius 2 is 1.92 bits per heavy atom. The normalized spacial score (nSPS) is 11.2. The first-order valence-electron chi connectivity index (χ1n) is 7.62. The predicted molar refractivity (Wildman–Crippen MR) is 101 cm³/mol. The van der Waals surface area contributed by atoms with Crippen LogP contribution >= 0.6 is 23.2 Å². The topological polar surface area (TPSA) is 92.7 Å². The van der Waals surface area contributed by atoms with Crippen LogP contribution in [0.4, 0.5) is 5.69 Å². The van der Waals surface area contributed by atoms with Gasteiger partial charge in [-0.25, -0.2) is 8.42 Å². The number of carbonyl (C=O) groups is 1. The Morgan fingerprint density at radius 1 is 1.19 bits per heavy atom. The van der Waals surface area contributed by atoms with Crippen LogP contribution in [0.1, 0.15) is 18.4 Å². The highest BCUT2D eigenvalue weighted by Crippen LogP contribution is 2.29. The van der Waals surface area contributed by atoms with E-state index < -0.39 is 16.0 Å². The molecule has 0 aromatic heterocycles. The zero-order valence-corrected chi connectivity index (χ0v) is 16.2. The number of rotatable bonds is 8. The molecule has 2 aromatic carbocycles. The number of aryl methyl sites for hydroxylation is 1. The largest absolute Gasteiger partial charge is 0.493 e. The van der Waals surface area contributed by atoms with Crippen molar-refractivity contribution in [1.29, 1.82) is 0 Å². The predicted octanol–water partition coefficient (Wildman–Crippen LogP) is 4.35. The van der Waals surface area contributed by atoms with Gasteiger partial charge < -0.3 is 9.84 Å². The first-order valence-corrected chi connectivity index (χ1v) is 9.86. The molecule has 9 heteroatoms. The lowest BCUT2D eigenvalue weighted by Crippen LogP contribution is -2.13. The maximum Gasteiger partial charge on any atom is 0.303 e. The van der Waals surface area contributed by atoms with E-state index in [9.17, 15) is 13.2 Å². The molecule has 0 amide bonds. The van der Waals surface area contributed by atoms with Crippen molar-refractivity contribution in [2.45, 2.75) is 24.7 Å². The summed E-state index contributed by atoms with van der Waals surface area (Å²) in [6.07, 6.45) is 0.378. The molecule has 0 aliphatic carbocycles. The third kappa shape index (κ3) is 5.52. The van der Waals surface area contributed by atoms with E-state index in [4.69, 9.17) is 33.0 Å². The standard InChI is InChI=1S/C17H17Cl2NO5S/c1-11-9-13(5-7-16(11)25-8-2-3-17(21)22)26(23,24)20-15-6-4-12(18)10-14(15)19/h4-7,9-10,20H,2-3,8H2,1H3,(H,21,22). The minimum atomic E-state index is -3.84. The maximum absolute atomic E-state index is 12.5. The molecule has 2 N–H and O–H groups in total. The first kappa shape index (κ1) is 20.4. The SMILES string of the molecule is Cc1cc(S(=O)(=O)Nc2ccc(Cl)cc2Cl)ccc1OCCCC(=O)O. The monoisotopic (exact) mass is 417 g/mol. The lowest BCUT2D eigenvalue weighted by molar-refractivity contribution is -0.137. The van der Waals surface area contributed by atoms with E-state index in [0.29, 0.717) is 22.8 Å². The molecule has 0 saturated heterocycles. The number of sulfonamides is 1.